The molecule has 0 spiro atoms. The number of hydrogen-bond acceptors (Lipinski definition) is 5. The number of methoxy groups -OCH3 is 1. The maximum atomic E-state index is 11.1. The molecule has 0 radical (unpaired) electrons. The van der Waals surface area contributed by atoms with Crippen molar-refractivity contribution in [2.24, 2.45) is 0 Å². The molecule has 5 heteroatoms. The number of rotatable bonds is 5. The zero-order valence-electron chi connectivity index (χ0n) is 8.77. The zero-order valence-corrected chi connectivity index (χ0v) is 9.58. The van der Waals surface area contributed by atoms with Crippen LogP contribution < -0.4 is 5.32 Å². The maximum absolute atomic E-state index is 11.1. The number of likely N-dealkylation sites (N-methyl/N-ethyl adjacent to an activating group) is 1. The van der Waals surface area contributed by atoms with Gasteiger partial charge in [-0.25, -0.2) is 0 Å². The molecule has 0 fully saturated rings. The molecule has 2 atom stereocenters. The van der Waals surface area contributed by atoms with E-state index in [-0.39, 0.29) is 18.4 Å². The average molecular weight is 229 g/mol. The minimum atomic E-state index is -0.672. The first-order valence-electron chi connectivity index (χ1n) is 4.64. The second-order valence-electron chi connectivity index (χ2n) is 3.14. The Morgan fingerprint density at radius 3 is 2.93 bits per heavy atom. The highest BCUT2D eigenvalue weighted by molar-refractivity contribution is 7.10. The molecule has 2 N–H and O–H groups in total. The molecular formula is C10H15NO3S. The summed E-state index contributed by atoms with van der Waals surface area (Å²) in [5.41, 5.74) is 0. The molecule has 0 saturated heterocycles. The van der Waals surface area contributed by atoms with Crippen LogP contribution in [-0.2, 0) is 9.53 Å². The van der Waals surface area contributed by atoms with Crippen LogP contribution in [0.25, 0.3) is 0 Å². The molecule has 15 heavy (non-hydrogen) atoms. The summed E-state index contributed by atoms with van der Waals surface area (Å²) < 4.78 is 4.56. The Morgan fingerprint density at radius 2 is 2.47 bits per heavy atom. The van der Waals surface area contributed by atoms with Gasteiger partial charge in [0.25, 0.3) is 0 Å². The minimum absolute atomic E-state index is 0.159. The molecule has 1 aromatic rings. The first kappa shape index (κ1) is 12.2. The van der Waals surface area contributed by atoms with E-state index in [1.165, 1.54) is 18.4 Å². The molecule has 0 bridgehead atoms. The van der Waals surface area contributed by atoms with Gasteiger partial charge in [-0.05, 0) is 18.5 Å². The van der Waals surface area contributed by atoms with Crippen LogP contribution in [0.15, 0.2) is 17.5 Å². The topological polar surface area (TPSA) is 58.6 Å². The van der Waals surface area contributed by atoms with Crippen LogP contribution >= 0.6 is 11.3 Å². The van der Waals surface area contributed by atoms with E-state index in [9.17, 15) is 9.90 Å². The maximum Gasteiger partial charge on any atom is 0.307 e. The number of aliphatic hydroxyl groups is 1. The van der Waals surface area contributed by atoms with Gasteiger partial charge in [0.2, 0.25) is 0 Å². The third-order valence-corrected chi connectivity index (χ3v) is 3.14. The van der Waals surface area contributed by atoms with E-state index >= 15 is 0 Å². The van der Waals surface area contributed by atoms with Crippen molar-refractivity contribution in [2.75, 3.05) is 14.2 Å². The smallest absolute Gasteiger partial charge is 0.307 e. The highest BCUT2D eigenvalue weighted by atomic mass is 32.1. The van der Waals surface area contributed by atoms with Gasteiger partial charge in [0.05, 0.1) is 13.5 Å². The molecule has 2 unspecified atom stereocenters. The number of nitrogens with one attached hydrogen (secondary N) is 1. The summed E-state index contributed by atoms with van der Waals surface area (Å²) in [6.45, 7) is 0. The fourth-order valence-electron chi connectivity index (χ4n) is 1.29. The van der Waals surface area contributed by atoms with Crippen molar-refractivity contribution in [3.05, 3.63) is 22.4 Å². The Bertz CT molecular complexity index is 300. The van der Waals surface area contributed by atoms with E-state index in [4.69, 9.17) is 0 Å². The average Bonchev–Trinajstić information content (AvgIpc) is 2.77. The molecule has 0 amide bonds. The van der Waals surface area contributed by atoms with Gasteiger partial charge < -0.3 is 15.2 Å². The Morgan fingerprint density at radius 1 is 1.73 bits per heavy atom. The third-order valence-electron chi connectivity index (χ3n) is 2.20. The normalized spacial score (nSPS) is 14.6. The van der Waals surface area contributed by atoms with E-state index in [1.54, 1.807) is 7.05 Å². The van der Waals surface area contributed by atoms with Crippen LogP contribution in [-0.4, -0.2) is 31.3 Å². The van der Waals surface area contributed by atoms with Crippen molar-refractivity contribution in [1.82, 2.24) is 5.32 Å². The highest BCUT2D eigenvalue weighted by Gasteiger charge is 2.23. The van der Waals surface area contributed by atoms with E-state index in [0.717, 1.165) is 4.88 Å². The van der Waals surface area contributed by atoms with Crippen LogP contribution in [0.2, 0.25) is 0 Å². The summed E-state index contributed by atoms with van der Waals surface area (Å²) in [5.74, 6) is -0.329. The fourth-order valence-corrected chi connectivity index (χ4v) is 2.07. The molecule has 0 aliphatic carbocycles. The van der Waals surface area contributed by atoms with Crippen LogP contribution in [0.1, 0.15) is 17.4 Å². The zero-order chi connectivity index (χ0) is 11.3. The Balaban J connectivity index is 2.62. The molecule has 0 saturated carbocycles. The monoisotopic (exact) mass is 229 g/mol. The molecule has 0 aromatic carbocycles. The summed E-state index contributed by atoms with van der Waals surface area (Å²) in [4.78, 5) is 11.9. The number of hydrogen-bond donors (Lipinski definition) is 2. The van der Waals surface area contributed by atoms with Gasteiger partial charge in [-0.2, -0.15) is 0 Å². The predicted molar refractivity (Wildman–Crippen MR) is 58.8 cm³/mol. The first-order valence-corrected chi connectivity index (χ1v) is 5.52. The Hall–Kier alpha value is -0.910. The number of carbonyl (C=O) groups excluding carboxylic acids is 1. The second-order valence-corrected chi connectivity index (χ2v) is 4.11. The number of thiophene rings is 1. The van der Waals surface area contributed by atoms with Gasteiger partial charge in [-0.3, -0.25) is 4.79 Å². The van der Waals surface area contributed by atoms with E-state index in [1.807, 2.05) is 17.5 Å². The fraction of sp³-hybridized carbons (Fsp3) is 0.500. The lowest BCUT2D eigenvalue weighted by molar-refractivity contribution is -0.141. The number of aliphatic hydroxyl groups excluding tert-OH is 1. The number of ether oxygens (including phenoxy) is 1. The van der Waals surface area contributed by atoms with Gasteiger partial charge in [0.1, 0.15) is 6.10 Å². The van der Waals surface area contributed by atoms with Crippen LogP contribution in [0, 0.1) is 0 Å². The van der Waals surface area contributed by atoms with Crippen LogP contribution in [0.3, 0.4) is 0 Å². The van der Waals surface area contributed by atoms with Crippen LogP contribution in [0.5, 0.6) is 0 Å². The summed E-state index contributed by atoms with van der Waals surface area (Å²) in [7, 11) is 3.05. The highest BCUT2D eigenvalue weighted by Crippen LogP contribution is 2.23. The summed E-state index contributed by atoms with van der Waals surface area (Å²) >= 11 is 1.47. The van der Waals surface area contributed by atoms with E-state index in [0.29, 0.717) is 0 Å². The SMILES string of the molecule is CNC(CC(=O)OC)C(O)c1cccs1. The number of esters is 1. The molecule has 0 aliphatic heterocycles. The van der Waals surface area contributed by atoms with Gasteiger partial charge in [0.15, 0.2) is 0 Å². The van der Waals surface area contributed by atoms with Gasteiger partial charge in [0, 0.05) is 10.9 Å². The lowest BCUT2D eigenvalue weighted by atomic mass is 10.1. The van der Waals surface area contributed by atoms with Crippen LogP contribution in [0.4, 0.5) is 0 Å². The molecule has 1 rings (SSSR count). The van der Waals surface area contributed by atoms with Gasteiger partial charge in [-0.1, -0.05) is 6.07 Å². The minimum Gasteiger partial charge on any atom is -0.469 e. The second kappa shape index (κ2) is 5.85. The van der Waals surface area contributed by atoms with Gasteiger partial charge >= 0.3 is 5.97 Å². The van der Waals surface area contributed by atoms with Crippen molar-refractivity contribution >= 4 is 17.3 Å². The summed E-state index contributed by atoms with van der Waals surface area (Å²) in [6.07, 6.45) is -0.513. The molecule has 1 aromatic heterocycles. The molecule has 0 aliphatic rings. The first-order chi connectivity index (χ1) is 7.19. The van der Waals surface area contributed by atoms with Crippen molar-refractivity contribution in [2.45, 2.75) is 18.6 Å². The predicted octanol–water partition coefficient (Wildman–Crippen LogP) is 0.933. The van der Waals surface area contributed by atoms with Crippen molar-refractivity contribution < 1.29 is 14.6 Å². The largest absolute Gasteiger partial charge is 0.469 e. The van der Waals surface area contributed by atoms with E-state index in [2.05, 4.69) is 10.1 Å². The summed E-state index contributed by atoms with van der Waals surface area (Å²) in [5, 5.41) is 14.8. The standard InChI is InChI=1S/C10H15NO3S/c1-11-7(6-9(12)14-2)10(13)8-4-3-5-15-8/h3-5,7,10-11,13H,6H2,1-2H3. The van der Waals surface area contributed by atoms with Crippen molar-refractivity contribution in [1.29, 1.82) is 0 Å². The third kappa shape index (κ3) is 3.30. The van der Waals surface area contributed by atoms with E-state index < -0.39 is 6.10 Å². The molecule has 4 nitrogen and oxygen atoms in total. The quantitative estimate of drug-likeness (QED) is 0.738. The van der Waals surface area contributed by atoms with Crippen molar-refractivity contribution in [3.63, 3.8) is 0 Å². The van der Waals surface area contributed by atoms with Gasteiger partial charge in [-0.15, -0.1) is 11.3 Å². The molecule has 84 valence electrons. The lowest BCUT2D eigenvalue weighted by Gasteiger charge is -2.20. The number of carbonyl (C=O) groups is 1. The Labute approximate surface area is 92.9 Å². The molecule has 1 heterocycles. The molecular weight excluding hydrogens is 214 g/mol. The summed E-state index contributed by atoms with van der Waals surface area (Å²) in [6, 6.07) is 3.40. The Kier molecular flexibility index (Phi) is 4.74. The lowest BCUT2D eigenvalue weighted by Crippen LogP contribution is -2.34. The van der Waals surface area contributed by atoms with Crippen molar-refractivity contribution in [3.8, 4) is 0 Å².